The van der Waals surface area contributed by atoms with E-state index >= 15 is 0 Å². The largest absolute Gasteiger partial charge is 0.385 e. The number of nitrogens with two attached hydrogens (primary N) is 1. The second-order valence-electron chi connectivity index (χ2n) is 4.56. The van der Waals surface area contributed by atoms with Crippen molar-refractivity contribution in [3.8, 4) is 0 Å². The summed E-state index contributed by atoms with van der Waals surface area (Å²) in [4.78, 5) is 13.6. The molecule has 0 rings (SSSR count). The molecule has 0 aromatic heterocycles. The van der Waals surface area contributed by atoms with Gasteiger partial charge in [-0.2, -0.15) is 0 Å². The van der Waals surface area contributed by atoms with E-state index in [0.29, 0.717) is 19.8 Å². The van der Waals surface area contributed by atoms with Crippen LogP contribution in [0.1, 0.15) is 13.3 Å². The highest BCUT2D eigenvalue weighted by atomic mass is 16.5. The van der Waals surface area contributed by atoms with E-state index in [4.69, 9.17) is 15.2 Å². The third kappa shape index (κ3) is 6.30. The van der Waals surface area contributed by atoms with Crippen LogP contribution in [-0.4, -0.2) is 70.5 Å². The number of amides is 1. The van der Waals surface area contributed by atoms with Crippen LogP contribution in [0.15, 0.2) is 0 Å². The van der Waals surface area contributed by atoms with Crippen LogP contribution in [0.3, 0.4) is 0 Å². The van der Waals surface area contributed by atoms with Crippen LogP contribution >= 0.6 is 0 Å². The predicted octanol–water partition coefficient (Wildman–Crippen LogP) is -0.565. The molecule has 0 fully saturated rings. The van der Waals surface area contributed by atoms with Crippen molar-refractivity contribution in [1.29, 1.82) is 0 Å². The molecule has 1 amide bonds. The predicted molar refractivity (Wildman–Crippen MR) is 71.5 cm³/mol. The number of carbonyl (C=O) groups excluding carboxylic acids is 1. The summed E-state index contributed by atoms with van der Waals surface area (Å²) in [7, 11) is 5.09. The molecule has 18 heavy (non-hydrogen) atoms. The summed E-state index contributed by atoms with van der Waals surface area (Å²) in [5.41, 5.74) is 4.71. The molecular weight excluding hydrogens is 234 g/mol. The molecule has 3 N–H and O–H groups in total. The Labute approximate surface area is 110 Å². The van der Waals surface area contributed by atoms with Crippen LogP contribution in [0, 0.1) is 0 Å². The van der Waals surface area contributed by atoms with Gasteiger partial charge >= 0.3 is 0 Å². The topological polar surface area (TPSA) is 76.8 Å². The number of primary amides is 1. The van der Waals surface area contributed by atoms with Gasteiger partial charge < -0.3 is 20.5 Å². The van der Waals surface area contributed by atoms with E-state index in [1.807, 2.05) is 6.92 Å². The molecule has 0 saturated heterocycles. The highest BCUT2D eigenvalue weighted by Crippen LogP contribution is 2.06. The third-order valence-electron chi connectivity index (χ3n) is 3.07. The van der Waals surface area contributed by atoms with Gasteiger partial charge in [-0.15, -0.1) is 0 Å². The first-order valence-corrected chi connectivity index (χ1v) is 6.19. The summed E-state index contributed by atoms with van der Waals surface area (Å²) in [6.07, 6.45) is 0.915. The molecule has 0 aliphatic heterocycles. The highest BCUT2D eigenvalue weighted by molar-refractivity contribution is 5.84. The maximum absolute atomic E-state index is 11.5. The summed E-state index contributed by atoms with van der Waals surface area (Å²) in [5.74, 6) is -0.348. The number of nitrogens with zero attached hydrogens (tertiary/aromatic N) is 1. The fourth-order valence-corrected chi connectivity index (χ4v) is 1.65. The average molecular weight is 261 g/mol. The Hall–Kier alpha value is -0.690. The van der Waals surface area contributed by atoms with Gasteiger partial charge in [-0.25, -0.2) is 0 Å². The Bertz CT molecular complexity index is 239. The maximum atomic E-state index is 11.5. The number of carbonyl (C=O) groups is 1. The number of hydrogen-bond acceptors (Lipinski definition) is 5. The van der Waals surface area contributed by atoms with Crippen LogP contribution in [0.25, 0.3) is 0 Å². The van der Waals surface area contributed by atoms with Crippen molar-refractivity contribution < 1.29 is 14.3 Å². The van der Waals surface area contributed by atoms with Gasteiger partial charge in [0.1, 0.15) is 5.54 Å². The van der Waals surface area contributed by atoms with Gasteiger partial charge in [0.05, 0.1) is 6.61 Å². The standard InChI is InChI=1S/C12H27N3O3/c1-12(14-2,11(13)16)10-15(7-9-18-4)6-5-8-17-3/h14H,5-10H2,1-4H3,(H2,13,16). The zero-order valence-corrected chi connectivity index (χ0v) is 12.0. The van der Waals surface area contributed by atoms with Gasteiger partial charge in [0.25, 0.3) is 0 Å². The first-order valence-electron chi connectivity index (χ1n) is 6.19. The molecule has 0 aliphatic carbocycles. The van der Waals surface area contributed by atoms with Crippen LogP contribution < -0.4 is 11.1 Å². The fraction of sp³-hybridized carbons (Fsp3) is 0.917. The first-order chi connectivity index (χ1) is 8.50. The number of hydrogen-bond donors (Lipinski definition) is 2. The minimum absolute atomic E-state index is 0.348. The van der Waals surface area contributed by atoms with Gasteiger partial charge in [0, 0.05) is 40.5 Å². The molecular formula is C12H27N3O3. The molecule has 6 nitrogen and oxygen atoms in total. The van der Waals surface area contributed by atoms with E-state index in [0.717, 1.165) is 19.5 Å². The summed E-state index contributed by atoms with van der Waals surface area (Å²) < 4.78 is 10.1. The molecule has 1 unspecified atom stereocenters. The Morgan fingerprint density at radius 2 is 1.89 bits per heavy atom. The number of likely N-dealkylation sites (N-methyl/N-ethyl adjacent to an activating group) is 1. The van der Waals surface area contributed by atoms with Crippen molar-refractivity contribution in [3.63, 3.8) is 0 Å². The monoisotopic (exact) mass is 261 g/mol. The number of ether oxygens (including phenoxy) is 2. The summed E-state index contributed by atoms with van der Waals surface area (Å²) in [5, 5.41) is 2.99. The van der Waals surface area contributed by atoms with Crippen molar-refractivity contribution in [2.24, 2.45) is 5.73 Å². The Kier molecular flexibility index (Phi) is 8.91. The van der Waals surface area contributed by atoms with Gasteiger partial charge in [-0.05, 0) is 20.4 Å². The molecule has 0 bridgehead atoms. The van der Waals surface area contributed by atoms with Gasteiger partial charge in [0.15, 0.2) is 0 Å². The molecule has 1 atom stereocenters. The lowest BCUT2D eigenvalue weighted by molar-refractivity contribution is -0.124. The van der Waals surface area contributed by atoms with Crippen molar-refractivity contribution in [2.75, 3.05) is 54.1 Å². The minimum Gasteiger partial charge on any atom is -0.385 e. The van der Waals surface area contributed by atoms with E-state index < -0.39 is 5.54 Å². The molecule has 0 aromatic carbocycles. The molecule has 6 heteroatoms. The molecule has 0 radical (unpaired) electrons. The van der Waals surface area contributed by atoms with Crippen LogP contribution in [0.4, 0.5) is 0 Å². The molecule has 108 valence electrons. The molecule has 0 spiro atoms. The quantitative estimate of drug-likeness (QED) is 0.487. The van der Waals surface area contributed by atoms with Crippen molar-refractivity contribution in [2.45, 2.75) is 18.9 Å². The lowest BCUT2D eigenvalue weighted by atomic mass is 10.0. The summed E-state index contributed by atoms with van der Waals surface area (Å²) in [6.45, 7) is 5.33. The maximum Gasteiger partial charge on any atom is 0.238 e. The zero-order chi connectivity index (χ0) is 14.0. The van der Waals surface area contributed by atoms with Gasteiger partial charge in [-0.1, -0.05) is 0 Å². The summed E-state index contributed by atoms with van der Waals surface area (Å²) >= 11 is 0. The molecule has 0 saturated carbocycles. The second kappa shape index (κ2) is 9.27. The number of nitrogens with one attached hydrogen (secondary N) is 1. The molecule has 0 heterocycles. The van der Waals surface area contributed by atoms with E-state index in [-0.39, 0.29) is 5.91 Å². The molecule has 0 aliphatic rings. The van der Waals surface area contributed by atoms with E-state index in [2.05, 4.69) is 10.2 Å². The lowest BCUT2D eigenvalue weighted by Crippen LogP contribution is -2.58. The Morgan fingerprint density at radius 1 is 1.28 bits per heavy atom. The van der Waals surface area contributed by atoms with E-state index in [1.54, 1.807) is 21.3 Å². The number of rotatable bonds is 11. The lowest BCUT2D eigenvalue weighted by Gasteiger charge is -2.32. The van der Waals surface area contributed by atoms with Gasteiger partial charge in [0.2, 0.25) is 5.91 Å². The average Bonchev–Trinajstić information content (AvgIpc) is 2.35. The summed E-state index contributed by atoms with van der Waals surface area (Å²) in [6, 6.07) is 0. The number of methoxy groups -OCH3 is 2. The highest BCUT2D eigenvalue weighted by Gasteiger charge is 2.31. The van der Waals surface area contributed by atoms with Crippen LogP contribution in [0.2, 0.25) is 0 Å². The first kappa shape index (κ1) is 17.3. The third-order valence-corrected chi connectivity index (χ3v) is 3.07. The zero-order valence-electron chi connectivity index (χ0n) is 12.0. The van der Waals surface area contributed by atoms with Crippen molar-refractivity contribution in [1.82, 2.24) is 10.2 Å². The van der Waals surface area contributed by atoms with Crippen LogP contribution in [0.5, 0.6) is 0 Å². The minimum atomic E-state index is -0.721. The second-order valence-corrected chi connectivity index (χ2v) is 4.56. The van der Waals surface area contributed by atoms with Crippen LogP contribution in [-0.2, 0) is 14.3 Å². The van der Waals surface area contributed by atoms with Gasteiger partial charge in [-0.3, -0.25) is 9.69 Å². The van der Waals surface area contributed by atoms with Crippen molar-refractivity contribution in [3.05, 3.63) is 0 Å². The Balaban J connectivity index is 4.39. The SMILES string of the molecule is CNC(C)(CN(CCCOC)CCOC)C(N)=O. The normalized spacial score (nSPS) is 14.7. The Morgan fingerprint density at radius 3 is 2.33 bits per heavy atom. The van der Waals surface area contributed by atoms with Crippen molar-refractivity contribution >= 4 is 5.91 Å². The fourth-order valence-electron chi connectivity index (χ4n) is 1.65. The molecule has 0 aromatic rings. The smallest absolute Gasteiger partial charge is 0.238 e. The van der Waals surface area contributed by atoms with E-state index in [9.17, 15) is 4.79 Å². The van der Waals surface area contributed by atoms with E-state index in [1.165, 1.54) is 0 Å².